The third-order valence-corrected chi connectivity index (χ3v) is 5.79. The fourth-order valence-electron chi connectivity index (χ4n) is 3.89. The minimum absolute atomic E-state index is 0.00330. The van der Waals surface area contributed by atoms with Gasteiger partial charge in [0.1, 0.15) is 23.1 Å². The molecule has 4 rings (SSSR count). The largest absolute Gasteiger partial charge is 0.507 e. The van der Waals surface area contributed by atoms with Crippen molar-refractivity contribution in [1.29, 1.82) is 0 Å². The van der Waals surface area contributed by atoms with Crippen molar-refractivity contribution >= 4 is 6.29 Å². The number of phenolic OH excluding ortho intramolecular Hbond substituents is 1. The molecule has 174 valence electrons. The molecule has 0 bridgehead atoms. The monoisotopic (exact) mass is 456 g/mol. The summed E-state index contributed by atoms with van der Waals surface area (Å²) in [5.41, 5.74) is 4.73. The van der Waals surface area contributed by atoms with E-state index in [9.17, 15) is 9.90 Å². The number of aromatic hydroxyl groups is 1. The van der Waals surface area contributed by atoms with Gasteiger partial charge in [0.05, 0.1) is 31.2 Å². The molecule has 0 unspecified atom stereocenters. The summed E-state index contributed by atoms with van der Waals surface area (Å²) < 4.78 is 10.6. The Kier molecular flexibility index (Phi) is 6.16. The lowest BCUT2D eigenvalue weighted by Gasteiger charge is -2.22. The van der Waals surface area contributed by atoms with Crippen molar-refractivity contribution in [3.8, 4) is 51.2 Å². The number of imidazole rings is 1. The molecular weight excluding hydrogens is 428 g/mol. The highest BCUT2D eigenvalue weighted by molar-refractivity contribution is 5.86. The van der Waals surface area contributed by atoms with Gasteiger partial charge in [-0.3, -0.25) is 4.79 Å². The summed E-state index contributed by atoms with van der Waals surface area (Å²) >= 11 is 0. The summed E-state index contributed by atoms with van der Waals surface area (Å²) in [6.45, 7) is 5.98. The molecule has 0 saturated heterocycles. The van der Waals surface area contributed by atoms with Gasteiger partial charge in [0.2, 0.25) is 0 Å². The van der Waals surface area contributed by atoms with Crippen LogP contribution in [0.15, 0.2) is 60.7 Å². The number of aromatic nitrogens is 2. The Morgan fingerprint density at radius 2 is 1.41 bits per heavy atom. The lowest BCUT2D eigenvalue weighted by molar-refractivity contribution is 0.112. The van der Waals surface area contributed by atoms with Gasteiger partial charge in [-0.25, -0.2) is 4.98 Å². The fourth-order valence-corrected chi connectivity index (χ4v) is 3.89. The maximum absolute atomic E-state index is 11.7. The van der Waals surface area contributed by atoms with Crippen LogP contribution in [0.2, 0.25) is 0 Å². The van der Waals surface area contributed by atoms with Crippen LogP contribution in [0.1, 0.15) is 36.7 Å². The van der Waals surface area contributed by atoms with E-state index in [2.05, 4.69) is 4.98 Å². The predicted octanol–water partition coefficient (Wildman–Crippen LogP) is 6.24. The summed E-state index contributed by atoms with van der Waals surface area (Å²) in [6.07, 6.45) is 0.672. The molecular formula is C28H28N2O4. The van der Waals surface area contributed by atoms with Gasteiger partial charge < -0.3 is 19.6 Å². The number of carbonyl (C=O) groups is 1. The SMILES string of the molecule is COc1ccc(-c2nc(-c3cc(C=O)c(O)c(C(C)(C)C)c3)[nH]c2-c2ccc(OC)cc2)cc1. The number of aldehydes is 1. The number of aromatic amines is 1. The minimum atomic E-state index is -0.359. The second-order valence-corrected chi connectivity index (χ2v) is 9.10. The molecule has 1 aromatic heterocycles. The Balaban J connectivity index is 1.92. The van der Waals surface area contributed by atoms with E-state index in [4.69, 9.17) is 14.5 Å². The summed E-state index contributed by atoms with van der Waals surface area (Å²) in [7, 11) is 3.26. The number of methoxy groups -OCH3 is 2. The average molecular weight is 457 g/mol. The second kappa shape index (κ2) is 9.06. The smallest absolute Gasteiger partial charge is 0.153 e. The van der Waals surface area contributed by atoms with E-state index in [0.717, 1.165) is 39.6 Å². The van der Waals surface area contributed by atoms with Crippen molar-refractivity contribution in [2.75, 3.05) is 14.2 Å². The normalized spacial score (nSPS) is 11.3. The lowest BCUT2D eigenvalue weighted by Crippen LogP contribution is -2.12. The van der Waals surface area contributed by atoms with E-state index >= 15 is 0 Å². The first-order valence-corrected chi connectivity index (χ1v) is 11.0. The average Bonchev–Trinajstić information content (AvgIpc) is 3.29. The van der Waals surface area contributed by atoms with Crippen molar-refractivity contribution in [3.05, 3.63) is 71.8 Å². The van der Waals surface area contributed by atoms with Gasteiger partial charge in [0, 0.05) is 22.3 Å². The maximum atomic E-state index is 11.7. The Labute approximate surface area is 199 Å². The van der Waals surface area contributed by atoms with E-state index < -0.39 is 0 Å². The van der Waals surface area contributed by atoms with Crippen molar-refractivity contribution < 1.29 is 19.4 Å². The Bertz CT molecular complexity index is 1250. The van der Waals surface area contributed by atoms with Crippen molar-refractivity contribution in [2.45, 2.75) is 26.2 Å². The van der Waals surface area contributed by atoms with Crippen molar-refractivity contribution in [2.24, 2.45) is 0 Å². The summed E-state index contributed by atoms with van der Waals surface area (Å²) in [5.74, 6) is 2.13. The number of ether oxygens (including phenoxy) is 2. The lowest BCUT2D eigenvalue weighted by atomic mass is 9.84. The summed E-state index contributed by atoms with van der Waals surface area (Å²) in [4.78, 5) is 20.1. The van der Waals surface area contributed by atoms with Gasteiger partial charge in [0.25, 0.3) is 0 Å². The number of nitrogens with zero attached hydrogens (tertiary/aromatic N) is 1. The van der Waals surface area contributed by atoms with Gasteiger partial charge in [-0.2, -0.15) is 0 Å². The summed E-state index contributed by atoms with van der Waals surface area (Å²) in [6, 6.07) is 19.0. The Morgan fingerprint density at radius 3 is 1.91 bits per heavy atom. The van der Waals surface area contributed by atoms with Gasteiger partial charge in [0.15, 0.2) is 6.29 Å². The van der Waals surface area contributed by atoms with Gasteiger partial charge in [-0.15, -0.1) is 0 Å². The molecule has 0 amide bonds. The van der Waals surface area contributed by atoms with Crippen LogP contribution in [0.4, 0.5) is 0 Å². The zero-order chi connectivity index (χ0) is 24.5. The number of hydrogen-bond donors (Lipinski definition) is 2. The first kappa shape index (κ1) is 23.1. The van der Waals surface area contributed by atoms with Crippen LogP contribution in [-0.4, -0.2) is 35.6 Å². The first-order valence-electron chi connectivity index (χ1n) is 11.0. The molecule has 0 aliphatic rings. The van der Waals surface area contributed by atoms with E-state index in [-0.39, 0.29) is 16.7 Å². The molecule has 1 heterocycles. The van der Waals surface area contributed by atoms with Crippen LogP contribution in [0, 0.1) is 0 Å². The van der Waals surface area contributed by atoms with Crippen LogP contribution in [0.3, 0.4) is 0 Å². The molecule has 6 nitrogen and oxygen atoms in total. The Morgan fingerprint density at radius 1 is 0.853 bits per heavy atom. The number of rotatable bonds is 6. The topological polar surface area (TPSA) is 84.4 Å². The van der Waals surface area contributed by atoms with Gasteiger partial charge in [-0.05, 0) is 66.1 Å². The number of carbonyl (C=O) groups excluding carboxylic acids is 1. The molecule has 0 fully saturated rings. The summed E-state index contributed by atoms with van der Waals surface area (Å²) in [5, 5.41) is 10.6. The molecule has 2 N–H and O–H groups in total. The molecule has 6 heteroatoms. The Hall–Kier alpha value is -4.06. The number of H-pyrrole nitrogens is 1. The molecule has 3 aromatic carbocycles. The predicted molar refractivity (Wildman–Crippen MR) is 134 cm³/mol. The molecule has 0 aliphatic heterocycles. The maximum Gasteiger partial charge on any atom is 0.153 e. The van der Waals surface area contributed by atoms with E-state index in [1.165, 1.54) is 0 Å². The van der Waals surface area contributed by atoms with Crippen molar-refractivity contribution in [3.63, 3.8) is 0 Å². The third kappa shape index (κ3) is 4.39. The zero-order valence-electron chi connectivity index (χ0n) is 20.0. The zero-order valence-corrected chi connectivity index (χ0v) is 20.0. The van der Waals surface area contributed by atoms with Crippen LogP contribution in [-0.2, 0) is 5.41 Å². The van der Waals surface area contributed by atoms with Crippen LogP contribution < -0.4 is 9.47 Å². The standard InChI is InChI=1S/C28H28N2O4/c1-28(2,3)23-15-19(14-20(16-31)26(23)32)27-29-24(17-6-10-21(33-4)11-7-17)25(30-27)18-8-12-22(34-5)13-9-18/h6-16,32H,1-5H3,(H,29,30). The highest BCUT2D eigenvalue weighted by Gasteiger charge is 2.23. The van der Waals surface area contributed by atoms with E-state index in [1.54, 1.807) is 20.3 Å². The van der Waals surface area contributed by atoms with Gasteiger partial charge in [-0.1, -0.05) is 20.8 Å². The molecule has 0 spiro atoms. The fraction of sp³-hybridized carbons (Fsp3) is 0.214. The van der Waals surface area contributed by atoms with Crippen LogP contribution >= 0.6 is 0 Å². The van der Waals surface area contributed by atoms with Crippen LogP contribution in [0.25, 0.3) is 33.9 Å². The highest BCUT2D eigenvalue weighted by atomic mass is 16.5. The number of phenols is 1. The van der Waals surface area contributed by atoms with Crippen LogP contribution in [0.5, 0.6) is 17.2 Å². The number of nitrogens with one attached hydrogen (secondary N) is 1. The van der Waals surface area contributed by atoms with E-state index in [0.29, 0.717) is 17.7 Å². The van der Waals surface area contributed by atoms with Crippen molar-refractivity contribution in [1.82, 2.24) is 9.97 Å². The van der Waals surface area contributed by atoms with Gasteiger partial charge >= 0.3 is 0 Å². The number of benzene rings is 3. The molecule has 0 atom stereocenters. The third-order valence-electron chi connectivity index (χ3n) is 5.79. The molecule has 0 radical (unpaired) electrons. The second-order valence-electron chi connectivity index (χ2n) is 9.10. The van der Waals surface area contributed by atoms with E-state index in [1.807, 2.05) is 75.4 Å². The molecule has 4 aromatic rings. The highest BCUT2D eigenvalue weighted by Crippen LogP contribution is 2.39. The molecule has 0 saturated carbocycles. The molecule has 34 heavy (non-hydrogen) atoms. The first-order chi connectivity index (χ1) is 16.2. The minimum Gasteiger partial charge on any atom is -0.507 e. The quantitative estimate of drug-likeness (QED) is 0.335. The number of hydrogen-bond acceptors (Lipinski definition) is 5. The molecule has 0 aliphatic carbocycles.